The number of aromatic nitrogens is 2. The highest BCUT2D eigenvalue weighted by Gasteiger charge is 2.31. The summed E-state index contributed by atoms with van der Waals surface area (Å²) in [6, 6.07) is -0.708. The Labute approximate surface area is 105 Å². The molecule has 1 N–H and O–H groups in total. The molecule has 2 heterocycles. The van der Waals surface area contributed by atoms with E-state index in [0.717, 1.165) is 19.3 Å². The number of amides is 1. The van der Waals surface area contributed by atoms with Crippen molar-refractivity contribution in [2.45, 2.75) is 31.7 Å². The number of hydrogen-bond donors (Lipinski definition) is 1. The Bertz CT molecular complexity index is 455. The molecule has 0 radical (unpaired) electrons. The van der Waals surface area contributed by atoms with Gasteiger partial charge in [0.15, 0.2) is 0 Å². The van der Waals surface area contributed by atoms with Crippen LogP contribution in [0, 0.1) is 0 Å². The number of carbonyl (C=O) groups is 2. The van der Waals surface area contributed by atoms with Gasteiger partial charge in [0.1, 0.15) is 6.04 Å². The summed E-state index contributed by atoms with van der Waals surface area (Å²) in [6.07, 6.45) is 6.31. The minimum Gasteiger partial charge on any atom is -0.480 e. The number of carboxylic acid groups (broad SMARTS) is 1. The van der Waals surface area contributed by atoms with Gasteiger partial charge in [-0.3, -0.25) is 9.48 Å². The van der Waals surface area contributed by atoms with E-state index in [1.165, 1.54) is 11.1 Å². The van der Waals surface area contributed by atoms with Crippen molar-refractivity contribution in [3.05, 3.63) is 18.0 Å². The number of likely N-dealkylation sites (tertiary alicyclic amines) is 1. The molecule has 6 heteroatoms. The lowest BCUT2D eigenvalue weighted by molar-refractivity contribution is -0.142. The van der Waals surface area contributed by atoms with Gasteiger partial charge in [-0.1, -0.05) is 12.8 Å². The van der Waals surface area contributed by atoms with Crippen LogP contribution in [0.3, 0.4) is 0 Å². The zero-order chi connectivity index (χ0) is 13.1. The van der Waals surface area contributed by atoms with Gasteiger partial charge < -0.3 is 10.0 Å². The van der Waals surface area contributed by atoms with Crippen LogP contribution in [-0.2, 0) is 11.8 Å². The molecule has 1 unspecified atom stereocenters. The number of aliphatic carboxylic acids is 1. The zero-order valence-corrected chi connectivity index (χ0v) is 10.4. The maximum Gasteiger partial charge on any atom is 0.326 e. The third-order valence-electron chi connectivity index (χ3n) is 3.25. The number of hydrogen-bond acceptors (Lipinski definition) is 3. The first-order valence-electron chi connectivity index (χ1n) is 6.12. The van der Waals surface area contributed by atoms with E-state index < -0.39 is 12.0 Å². The summed E-state index contributed by atoms with van der Waals surface area (Å²) in [5.74, 6) is -1.16. The molecule has 1 aromatic heterocycles. The van der Waals surface area contributed by atoms with Crippen LogP contribution >= 0.6 is 0 Å². The summed E-state index contributed by atoms with van der Waals surface area (Å²) in [5.41, 5.74) is 0.450. The van der Waals surface area contributed by atoms with Gasteiger partial charge >= 0.3 is 5.97 Å². The minimum absolute atomic E-state index is 0.239. The van der Waals surface area contributed by atoms with Crippen LogP contribution in [-0.4, -0.2) is 44.3 Å². The van der Waals surface area contributed by atoms with Gasteiger partial charge in [0.05, 0.1) is 11.8 Å². The monoisotopic (exact) mass is 251 g/mol. The maximum atomic E-state index is 12.3. The fraction of sp³-hybridized carbons (Fsp3) is 0.583. The van der Waals surface area contributed by atoms with Gasteiger partial charge in [0.2, 0.25) is 0 Å². The Morgan fingerprint density at radius 3 is 2.78 bits per heavy atom. The second-order valence-corrected chi connectivity index (χ2v) is 4.60. The summed E-state index contributed by atoms with van der Waals surface area (Å²) >= 11 is 0. The number of carboxylic acids is 1. The highest BCUT2D eigenvalue weighted by Crippen LogP contribution is 2.19. The predicted molar refractivity (Wildman–Crippen MR) is 64.1 cm³/mol. The summed E-state index contributed by atoms with van der Waals surface area (Å²) in [5, 5.41) is 13.2. The van der Waals surface area contributed by atoms with Crippen molar-refractivity contribution in [3.63, 3.8) is 0 Å². The molecule has 1 aliphatic rings. The smallest absolute Gasteiger partial charge is 0.326 e. The number of aryl methyl sites for hydroxylation is 1. The van der Waals surface area contributed by atoms with Crippen molar-refractivity contribution in [3.8, 4) is 0 Å². The predicted octanol–water partition coefficient (Wildman–Crippen LogP) is 0.889. The third kappa shape index (κ3) is 2.52. The van der Waals surface area contributed by atoms with Crippen molar-refractivity contribution in [2.24, 2.45) is 7.05 Å². The Morgan fingerprint density at radius 2 is 2.17 bits per heavy atom. The van der Waals surface area contributed by atoms with Crippen molar-refractivity contribution in [2.75, 3.05) is 6.54 Å². The molecule has 1 aromatic rings. The van der Waals surface area contributed by atoms with Crippen LogP contribution < -0.4 is 0 Å². The molecule has 0 saturated carbocycles. The van der Waals surface area contributed by atoms with Crippen LogP contribution in [0.2, 0.25) is 0 Å². The Balaban J connectivity index is 2.22. The van der Waals surface area contributed by atoms with E-state index in [1.54, 1.807) is 17.9 Å². The average Bonchev–Trinajstić information content (AvgIpc) is 2.63. The summed E-state index contributed by atoms with van der Waals surface area (Å²) in [6.45, 7) is 0.505. The lowest BCUT2D eigenvalue weighted by Gasteiger charge is -2.26. The van der Waals surface area contributed by atoms with Crippen molar-refractivity contribution in [1.29, 1.82) is 0 Å². The lowest BCUT2D eigenvalue weighted by atomic mass is 10.1. The number of nitrogens with zero attached hydrogens (tertiary/aromatic N) is 3. The molecular weight excluding hydrogens is 234 g/mol. The van der Waals surface area contributed by atoms with E-state index in [4.69, 9.17) is 0 Å². The fourth-order valence-electron chi connectivity index (χ4n) is 2.31. The summed E-state index contributed by atoms with van der Waals surface area (Å²) in [4.78, 5) is 25.0. The Morgan fingerprint density at radius 1 is 1.39 bits per heavy atom. The van der Waals surface area contributed by atoms with E-state index >= 15 is 0 Å². The van der Waals surface area contributed by atoms with E-state index in [1.807, 2.05) is 0 Å². The zero-order valence-electron chi connectivity index (χ0n) is 10.4. The number of rotatable bonds is 2. The normalized spacial score (nSPS) is 20.5. The molecule has 1 fully saturated rings. The van der Waals surface area contributed by atoms with Gasteiger partial charge in [0, 0.05) is 19.8 Å². The van der Waals surface area contributed by atoms with Crippen LogP contribution in [0.4, 0.5) is 0 Å². The lowest BCUT2D eigenvalue weighted by Crippen LogP contribution is -2.44. The molecule has 18 heavy (non-hydrogen) atoms. The summed E-state index contributed by atoms with van der Waals surface area (Å²) < 4.78 is 1.54. The molecule has 0 spiro atoms. The fourth-order valence-corrected chi connectivity index (χ4v) is 2.31. The van der Waals surface area contributed by atoms with E-state index in [9.17, 15) is 14.7 Å². The second-order valence-electron chi connectivity index (χ2n) is 4.60. The SMILES string of the molecule is Cn1cc(C(=O)N2CCCCCC2C(=O)O)cn1. The van der Waals surface area contributed by atoms with Gasteiger partial charge in [-0.2, -0.15) is 5.10 Å². The standard InChI is InChI=1S/C12H17N3O3/c1-14-8-9(7-13-14)11(16)15-6-4-2-3-5-10(15)12(17)18/h7-8,10H,2-6H2,1H3,(H,17,18). The van der Waals surface area contributed by atoms with Gasteiger partial charge in [-0.05, 0) is 12.8 Å². The molecule has 1 amide bonds. The highest BCUT2D eigenvalue weighted by atomic mass is 16.4. The van der Waals surface area contributed by atoms with Gasteiger partial charge in [-0.25, -0.2) is 4.79 Å². The molecule has 0 aromatic carbocycles. The molecule has 1 atom stereocenters. The minimum atomic E-state index is -0.922. The van der Waals surface area contributed by atoms with E-state index in [0.29, 0.717) is 18.5 Å². The molecule has 0 bridgehead atoms. The summed E-state index contributed by atoms with van der Waals surface area (Å²) in [7, 11) is 1.73. The average molecular weight is 251 g/mol. The number of carbonyl (C=O) groups excluding carboxylic acids is 1. The van der Waals surface area contributed by atoms with Crippen LogP contribution in [0.1, 0.15) is 36.0 Å². The first-order valence-corrected chi connectivity index (χ1v) is 6.12. The molecule has 2 rings (SSSR count). The Hall–Kier alpha value is -1.85. The van der Waals surface area contributed by atoms with Gasteiger partial charge in [0.25, 0.3) is 5.91 Å². The van der Waals surface area contributed by atoms with E-state index in [-0.39, 0.29) is 5.91 Å². The first-order chi connectivity index (χ1) is 8.59. The first kappa shape index (κ1) is 12.6. The van der Waals surface area contributed by atoms with E-state index in [2.05, 4.69) is 5.10 Å². The van der Waals surface area contributed by atoms with Crippen molar-refractivity contribution in [1.82, 2.24) is 14.7 Å². The van der Waals surface area contributed by atoms with Gasteiger partial charge in [-0.15, -0.1) is 0 Å². The van der Waals surface area contributed by atoms with Crippen LogP contribution in [0.15, 0.2) is 12.4 Å². The quantitative estimate of drug-likeness (QED) is 0.847. The van der Waals surface area contributed by atoms with Crippen molar-refractivity contribution < 1.29 is 14.7 Å². The van der Waals surface area contributed by atoms with Crippen LogP contribution in [0.25, 0.3) is 0 Å². The second kappa shape index (κ2) is 5.20. The molecule has 6 nitrogen and oxygen atoms in total. The Kier molecular flexibility index (Phi) is 3.64. The molecule has 1 saturated heterocycles. The maximum absolute atomic E-state index is 12.3. The molecular formula is C12H17N3O3. The highest BCUT2D eigenvalue weighted by molar-refractivity contribution is 5.96. The topological polar surface area (TPSA) is 75.4 Å². The van der Waals surface area contributed by atoms with Crippen LogP contribution in [0.5, 0.6) is 0 Å². The molecule has 98 valence electrons. The molecule has 1 aliphatic heterocycles. The third-order valence-corrected chi connectivity index (χ3v) is 3.25. The van der Waals surface area contributed by atoms with Crippen molar-refractivity contribution >= 4 is 11.9 Å². The largest absolute Gasteiger partial charge is 0.480 e. The molecule has 0 aliphatic carbocycles.